The second-order valence-corrected chi connectivity index (χ2v) is 6.73. The van der Waals surface area contributed by atoms with Gasteiger partial charge in [0.15, 0.2) is 0 Å². The first-order valence-electron chi connectivity index (χ1n) is 7.78. The molecule has 1 atom stereocenters. The minimum absolute atomic E-state index is 0.138. The number of carbonyl (C=O) groups excluding carboxylic acids is 2. The molecule has 6 nitrogen and oxygen atoms in total. The fourth-order valence-corrected chi connectivity index (χ4v) is 2.98. The molecule has 0 bridgehead atoms. The third-order valence-corrected chi connectivity index (χ3v) is 4.34. The highest BCUT2D eigenvalue weighted by molar-refractivity contribution is 6.31. The highest BCUT2D eigenvalue weighted by Gasteiger charge is 2.28. The molecule has 0 aromatic carbocycles. The lowest BCUT2D eigenvalue weighted by molar-refractivity contribution is -0.125. The molecule has 1 aliphatic heterocycles. The molecule has 2 N–H and O–H groups in total. The van der Waals surface area contributed by atoms with Crippen LogP contribution in [0.2, 0.25) is 5.15 Å². The largest absolute Gasteiger partial charge is 0.369 e. The van der Waals surface area contributed by atoms with Crippen LogP contribution in [0.5, 0.6) is 0 Å². The number of nitrogens with zero attached hydrogens (tertiary/aromatic N) is 3. The van der Waals surface area contributed by atoms with Crippen molar-refractivity contribution in [1.82, 2.24) is 14.7 Å². The Morgan fingerprint density at radius 2 is 2.17 bits per heavy atom. The van der Waals surface area contributed by atoms with E-state index in [9.17, 15) is 9.59 Å². The van der Waals surface area contributed by atoms with Crippen LogP contribution in [0.3, 0.4) is 0 Å². The number of hydrogen-bond donors (Lipinski definition) is 1. The molecular formula is C16H23ClN4O2. The number of amides is 2. The lowest BCUT2D eigenvalue weighted by atomic mass is 10.1. The van der Waals surface area contributed by atoms with Crippen LogP contribution in [-0.4, -0.2) is 39.6 Å². The number of hydrogen-bond acceptors (Lipinski definition) is 3. The SMILES string of the molecule is Cc1nn(CC(C)C)c(Cl)c1C=CC(=O)N1CCC(C(N)=O)C1. The standard InChI is InChI=1S/C16H23ClN4O2/c1-10(2)8-21-15(17)13(11(3)19-21)4-5-14(22)20-7-6-12(9-20)16(18)23/h4-5,10,12H,6-9H2,1-3H3,(H2,18,23). The number of carbonyl (C=O) groups is 2. The maximum absolute atomic E-state index is 12.2. The van der Waals surface area contributed by atoms with Gasteiger partial charge in [0, 0.05) is 31.3 Å². The topological polar surface area (TPSA) is 81.2 Å². The molecule has 1 fully saturated rings. The van der Waals surface area contributed by atoms with Gasteiger partial charge in [0.1, 0.15) is 5.15 Å². The summed E-state index contributed by atoms with van der Waals surface area (Å²) >= 11 is 6.34. The molecule has 0 saturated carbocycles. The van der Waals surface area contributed by atoms with Crippen LogP contribution in [-0.2, 0) is 16.1 Å². The quantitative estimate of drug-likeness (QED) is 0.832. The minimum Gasteiger partial charge on any atom is -0.369 e. The molecule has 0 radical (unpaired) electrons. The molecule has 1 aromatic heterocycles. The zero-order valence-corrected chi connectivity index (χ0v) is 14.5. The van der Waals surface area contributed by atoms with Crippen molar-refractivity contribution < 1.29 is 9.59 Å². The van der Waals surface area contributed by atoms with E-state index >= 15 is 0 Å². The number of halogens is 1. The number of primary amides is 1. The average Bonchev–Trinajstić information content (AvgIpc) is 3.04. The zero-order valence-electron chi connectivity index (χ0n) is 13.8. The summed E-state index contributed by atoms with van der Waals surface area (Å²) in [6.45, 7) is 7.72. The van der Waals surface area contributed by atoms with Crippen molar-refractivity contribution in [2.24, 2.45) is 17.6 Å². The van der Waals surface area contributed by atoms with Crippen molar-refractivity contribution >= 4 is 29.5 Å². The summed E-state index contributed by atoms with van der Waals surface area (Å²) in [7, 11) is 0. The molecule has 1 aromatic rings. The van der Waals surface area contributed by atoms with Gasteiger partial charge in [-0.2, -0.15) is 5.10 Å². The van der Waals surface area contributed by atoms with Crippen LogP contribution in [0.15, 0.2) is 6.08 Å². The summed E-state index contributed by atoms with van der Waals surface area (Å²) in [5.74, 6) is -0.300. The second kappa shape index (κ2) is 7.17. The molecule has 2 heterocycles. The van der Waals surface area contributed by atoms with Crippen LogP contribution < -0.4 is 5.73 Å². The Hall–Kier alpha value is -1.82. The fourth-order valence-electron chi connectivity index (χ4n) is 2.68. The average molecular weight is 339 g/mol. The summed E-state index contributed by atoms with van der Waals surface area (Å²) in [6, 6.07) is 0. The summed E-state index contributed by atoms with van der Waals surface area (Å²) in [5, 5.41) is 4.95. The molecule has 2 amide bonds. The molecule has 1 unspecified atom stereocenters. The Morgan fingerprint density at radius 3 is 2.74 bits per heavy atom. The number of aryl methyl sites for hydroxylation is 1. The Balaban J connectivity index is 2.07. The lowest BCUT2D eigenvalue weighted by Gasteiger charge is -2.13. The Kier molecular flexibility index (Phi) is 5.46. The van der Waals surface area contributed by atoms with Gasteiger partial charge < -0.3 is 10.6 Å². The van der Waals surface area contributed by atoms with Gasteiger partial charge in [0.05, 0.1) is 11.6 Å². The van der Waals surface area contributed by atoms with Crippen molar-refractivity contribution in [3.05, 3.63) is 22.5 Å². The Morgan fingerprint density at radius 1 is 1.48 bits per heavy atom. The molecule has 7 heteroatoms. The van der Waals surface area contributed by atoms with E-state index in [4.69, 9.17) is 17.3 Å². The highest BCUT2D eigenvalue weighted by Crippen LogP contribution is 2.23. The molecular weight excluding hydrogens is 316 g/mol. The van der Waals surface area contributed by atoms with Gasteiger partial charge in [-0.05, 0) is 25.3 Å². The van der Waals surface area contributed by atoms with E-state index in [0.717, 1.165) is 17.8 Å². The maximum Gasteiger partial charge on any atom is 0.246 e. The van der Waals surface area contributed by atoms with Crippen molar-refractivity contribution in [3.63, 3.8) is 0 Å². The first kappa shape index (κ1) is 17.5. The molecule has 126 valence electrons. The zero-order chi connectivity index (χ0) is 17.1. The van der Waals surface area contributed by atoms with Gasteiger partial charge in [-0.1, -0.05) is 25.4 Å². The predicted molar refractivity (Wildman–Crippen MR) is 89.7 cm³/mol. The predicted octanol–water partition coefficient (Wildman–Crippen LogP) is 1.85. The minimum atomic E-state index is -0.349. The fraction of sp³-hybridized carbons (Fsp3) is 0.562. The van der Waals surface area contributed by atoms with E-state index in [1.807, 2.05) is 6.92 Å². The van der Waals surface area contributed by atoms with Crippen LogP contribution >= 0.6 is 11.6 Å². The van der Waals surface area contributed by atoms with E-state index < -0.39 is 0 Å². The van der Waals surface area contributed by atoms with Crippen molar-refractivity contribution in [2.75, 3.05) is 13.1 Å². The van der Waals surface area contributed by atoms with Gasteiger partial charge in [-0.15, -0.1) is 0 Å². The maximum atomic E-state index is 12.2. The summed E-state index contributed by atoms with van der Waals surface area (Å²) < 4.78 is 1.75. The summed E-state index contributed by atoms with van der Waals surface area (Å²) in [4.78, 5) is 25.0. The molecule has 0 aliphatic carbocycles. The van der Waals surface area contributed by atoms with Crippen LogP contribution in [0.1, 0.15) is 31.5 Å². The first-order valence-corrected chi connectivity index (χ1v) is 8.16. The molecule has 1 saturated heterocycles. The number of likely N-dealkylation sites (tertiary alicyclic amines) is 1. The lowest BCUT2D eigenvalue weighted by Crippen LogP contribution is -2.30. The Bertz CT molecular complexity index is 636. The number of rotatable bonds is 5. The third kappa shape index (κ3) is 4.13. The van der Waals surface area contributed by atoms with E-state index in [1.54, 1.807) is 15.7 Å². The summed E-state index contributed by atoms with van der Waals surface area (Å²) in [5.41, 5.74) is 6.83. The molecule has 2 rings (SSSR count). The smallest absolute Gasteiger partial charge is 0.246 e. The highest BCUT2D eigenvalue weighted by atomic mass is 35.5. The van der Waals surface area contributed by atoms with E-state index in [-0.39, 0.29) is 17.7 Å². The Labute approximate surface area is 141 Å². The van der Waals surface area contributed by atoms with Crippen molar-refractivity contribution in [2.45, 2.75) is 33.7 Å². The molecule has 1 aliphatic rings. The number of aromatic nitrogens is 2. The van der Waals surface area contributed by atoms with Gasteiger partial charge in [0.2, 0.25) is 11.8 Å². The normalized spacial score (nSPS) is 18.3. The second-order valence-electron chi connectivity index (χ2n) is 6.37. The van der Waals surface area contributed by atoms with E-state index in [0.29, 0.717) is 30.6 Å². The van der Waals surface area contributed by atoms with Crippen LogP contribution in [0, 0.1) is 18.8 Å². The van der Waals surface area contributed by atoms with Gasteiger partial charge in [-0.3, -0.25) is 14.3 Å². The van der Waals surface area contributed by atoms with E-state index in [2.05, 4.69) is 18.9 Å². The number of nitrogens with two attached hydrogens (primary N) is 1. The van der Waals surface area contributed by atoms with Crippen LogP contribution in [0.4, 0.5) is 0 Å². The molecule has 0 spiro atoms. The van der Waals surface area contributed by atoms with E-state index in [1.165, 1.54) is 6.08 Å². The summed E-state index contributed by atoms with van der Waals surface area (Å²) in [6.07, 6.45) is 3.81. The first-order chi connectivity index (χ1) is 10.8. The van der Waals surface area contributed by atoms with Gasteiger partial charge in [-0.25, -0.2) is 0 Å². The van der Waals surface area contributed by atoms with Crippen LogP contribution in [0.25, 0.3) is 6.08 Å². The van der Waals surface area contributed by atoms with Crippen molar-refractivity contribution in [3.8, 4) is 0 Å². The monoisotopic (exact) mass is 338 g/mol. The molecule has 23 heavy (non-hydrogen) atoms. The third-order valence-electron chi connectivity index (χ3n) is 3.94. The van der Waals surface area contributed by atoms with Gasteiger partial charge >= 0.3 is 0 Å². The van der Waals surface area contributed by atoms with Crippen molar-refractivity contribution in [1.29, 1.82) is 0 Å². The van der Waals surface area contributed by atoms with Gasteiger partial charge in [0.25, 0.3) is 0 Å².